The zero-order valence-corrected chi connectivity index (χ0v) is 16.6. The van der Waals surface area contributed by atoms with E-state index in [1.54, 1.807) is 14.2 Å². The molecule has 0 atom stereocenters. The number of benzene rings is 1. The van der Waals surface area contributed by atoms with Crippen molar-refractivity contribution in [1.29, 1.82) is 0 Å². The van der Waals surface area contributed by atoms with Gasteiger partial charge in [-0.1, -0.05) is 25.0 Å². The van der Waals surface area contributed by atoms with Gasteiger partial charge in [0.1, 0.15) is 5.75 Å². The molecule has 0 aliphatic rings. The van der Waals surface area contributed by atoms with Crippen molar-refractivity contribution in [2.45, 2.75) is 45.4 Å². The lowest BCUT2D eigenvalue weighted by atomic mass is 10.1. The summed E-state index contributed by atoms with van der Waals surface area (Å²) in [4.78, 5) is 15.3. The molecule has 6 heteroatoms. The third-order valence-corrected chi connectivity index (χ3v) is 4.23. The van der Waals surface area contributed by atoms with Gasteiger partial charge in [0.25, 0.3) is 0 Å². The number of hydrogen-bond donors (Lipinski definition) is 2. The molecule has 2 N–H and O–H groups in total. The van der Waals surface area contributed by atoms with E-state index < -0.39 is 0 Å². The van der Waals surface area contributed by atoms with Crippen molar-refractivity contribution in [2.75, 3.05) is 34.4 Å². The van der Waals surface area contributed by atoms with Crippen molar-refractivity contribution in [3.05, 3.63) is 29.3 Å². The maximum absolute atomic E-state index is 11.0. The Morgan fingerprint density at radius 2 is 1.81 bits per heavy atom. The van der Waals surface area contributed by atoms with Gasteiger partial charge in [-0.05, 0) is 43.4 Å². The molecule has 26 heavy (non-hydrogen) atoms. The summed E-state index contributed by atoms with van der Waals surface area (Å²) in [5.41, 5.74) is 2.38. The molecule has 1 rings (SSSR count). The number of rotatable bonds is 11. The van der Waals surface area contributed by atoms with E-state index in [1.165, 1.54) is 12.7 Å². The number of aryl methyl sites for hydroxylation is 1. The van der Waals surface area contributed by atoms with Gasteiger partial charge in [0.15, 0.2) is 5.96 Å². The highest BCUT2D eigenvalue weighted by Gasteiger charge is 2.02. The van der Waals surface area contributed by atoms with Crippen LogP contribution in [0, 0.1) is 6.92 Å². The van der Waals surface area contributed by atoms with Crippen molar-refractivity contribution in [1.82, 2.24) is 10.6 Å². The van der Waals surface area contributed by atoms with E-state index in [1.807, 2.05) is 6.92 Å². The molecule has 0 bridgehead atoms. The summed E-state index contributed by atoms with van der Waals surface area (Å²) in [6, 6.07) is 6.30. The third kappa shape index (κ3) is 8.74. The fourth-order valence-electron chi connectivity index (χ4n) is 2.62. The second-order valence-electron chi connectivity index (χ2n) is 6.22. The Labute approximate surface area is 157 Å². The minimum Gasteiger partial charge on any atom is -0.496 e. The molecule has 0 aliphatic carbocycles. The first kappa shape index (κ1) is 21.8. The van der Waals surface area contributed by atoms with Gasteiger partial charge < -0.3 is 20.1 Å². The second-order valence-corrected chi connectivity index (χ2v) is 6.22. The van der Waals surface area contributed by atoms with Crippen LogP contribution in [-0.4, -0.2) is 46.3 Å². The number of carbonyl (C=O) groups is 1. The van der Waals surface area contributed by atoms with Gasteiger partial charge in [-0.25, -0.2) is 0 Å². The van der Waals surface area contributed by atoms with Crippen molar-refractivity contribution in [3.8, 4) is 5.75 Å². The Morgan fingerprint density at radius 1 is 1.08 bits per heavy atom. The normalized spacial score (nSPS) is 11.2. The van der Waals surface area contributed by atoms with Crippen LogP contribution in [-0.2, 0) is 16.0 Å². The Morgan fingerprint density at radius 3 is 2.50 bits per heavy atom. The summed E-state index contributed by atoms with van der Waals surface area (Å²) >= 11 is 0. The van der Waals surface area contributed by atoms with Crippen molar-refractivity contribution in [2.24, 2.45) is 4.99 Å². The van der Waals surface area contributed by atoms with E-state index in [0.29, 0.717) is 6.42 Å². The smallest absolute Gasteiger partial charge is 0.305 e. The number of guanidine groups is 1. The number of aliphatic imine (C=N–C) groups is 1. The Kier molecular flexibility index (Phi) is 10.9. The van der Waals surface area contributed by atoms with Crippen LogP contribution in [0.4, 0.5) is 0 Å². The van der Waals surface area contributed by atoms with Gasteiger partial charge in [0.05, 0.1) is 14.2 Å². The monoisotopic (exact) mass is 363 g/mol. The molecule has 0 radical (unpaired) electrons. The first-order valence-corrected chi connectivity index (χ1v) is 9.25. The molecule has 1 aromatic carbocycles. The highest BCUT2D eigenvalue weighted by atomic mass is 16.5. The minimum absolute atomic E-state index is 0.126. The van der Waals surface area contributed by atoms with E-state index in [2.05, 4.69) is 38.6 Å². The summed E-state index contributed by atoms with van der Waals surface area (Å²) in [6.45, 7) is 3.73. The zero-order valence-electron chi connectivity index (χ0n) is 16.6. The number of unbranched alkanes of at least 4 members (excludes halogenated alkanes) is 3. The molecule has 146 valence electrons. The predicted molar refractivity (Wildman–Crippen MR) is 106 cm³/mol. The summed E-state index contributed by atoms with van der Waals surface area (Å²) < 4.78 is 9.99. The fourth-order valence-corrected chi connectivity index (χ4v) is 2.62. The molecule has 0 fully saturated rings. The number of nitrogens with one attached hydrogen (secondary N) is 2. The lowest BCUT2D eigenvalue weighted by molar-refractivity contribution is -0.140. The van der Waals surface area contributed by atoms with Crippen LogP contribution in [0.3, 0.4) is 0 Å². The lowest BCUT2D eigenvalue weighted by Gasteiger charge is -2.12. The van der Waals surface area contributed by atoms with Crippen LogP contribution < -0.4 is 15.4 Å². The highest BCUT2D eigenvalue weighted by molar-refractivity contribution is 5.79. The molecule has 0 saturated carbocycles. The van der Waals surface area contributed by atoms with Crippen LogP contribution in [0.5, 0.6) is 5.75 Å². The maximum Gasteiger partial charge on any atom is 0.305 e. The minimum atomic E-state index is -0.126. The van der Waals surface area contributed by atoms with E-state index in [9.17, 15) is 4.79 Å². The van der Waals surface area contributed by atoms with Gasteiger partial charge in [0, 0.05) is 26.6 Å². The summed E-state index contributed by atoms with van der Waals surface area (Å²) in [5.74, 6) is 1.62. The van der Waals surface area contributed by atoms with Crippen LogP contribution in [0.2, 0.25) is 0 Å². The standard InChI is InChI=1S/C20H33N3O3/c1-16-10-11-17(15-18(16)25-3)12-14-23-20(21-2)22-13-8-6-5-7-9-19(24)26-4/h10-11,15H,5-9,12-14H2,1-4H3,(H2,21,22,23). The van der Waals surface area contributed by atoms with Crippen LogP contribution in [0.15, 0.2) is 23.2 Å². The lowest BCUT2D eigenvalue weighted by Crippen LogP contribution is -2.38. The predicted octanol–water partition coefficient (Wildman–Crippen LogP) is 2.83. The van der Waals surface area contributed by atoms with Gasteiger partial charge in [0.2, 0.25) is 0 Å². The average molecular weight is 364 g/mol. The Bertz CT molecular complexity index is 573. The Balaban J connectivity index is 2.16. The molecule has 0 unspecified atom stereocenters. The first-order chi connectivity index (χ1) is 12.6. The highest BCUT2D eigenvalue weighted by Crippen LogP contribution is 2.18. The van der Waals surface area contributed by atoms with Gasteiger partial charge in [-0.2, -0.15) is 0 Å². The van der Waals surface area contributed by atoms with Gasteiger partial charge >= 0.3 is 5.97 Å². The SMILES string of the molecule is CN=C(NCCCCCCC(=O)OC)NCCc1ccc(C)c(OC)c1. The quantitative estimate of drug-likeness (QED) is 0.274. The van der Waals surface area contributed by atoms with Crippen molar-refractivity contribution < 1.29 is 14.3 Å². The van der Waals surface area contributed by atoms with Crippen LogP contribution in [0.25, 0.3) is 0 Å². The number of nitrogens with zero attached hydrogens (tertiary/aromatic N) is 1. The first-order valence-electron chi connectivity index (χ1n) is 9.25. The molecule has 6 nitrogen and oxygen atoms in total. The largest absolute Gasteiger partial charge is 0.496 e. The topological polar surface area (TPSA) is 72.0 Å². The average Bonchev–Trinajstić information content (AvgIpc) is 2.66. The van der Waals surface area contributed by atoms with E-state index in [0.717, 1.165) is 62.5 Å². The fraction of sp³-hybridized carbons (Fsp3) is 0.600. The third-order valence-electron chi connectivity index (χ3n) is 4.23. The van der Waals surface area contributed by atoms with Crippen LogP contribution in [0.1, 0.15) is 43.2 Å². The van der Waals surface area contributed by atoms with Crippen molar-refractivity contribution in [3.63, 3.8) is 0 Å². The Hall–Kier alpha value is -2.24. The number of esters is 1. The summed E-state index contributed by atoms with van der Waals surface area (Å²) in [6.07, 6.45) is 5.49. The van der Waals surface area contributed by atoms with E-state index in [-0.39, 0.29) is 5.97 Å². The molecule has 0 aromatic heterocycles. The maximum atomic E-state index is 11.0. The zero-order chi connectivity index (χ0) is 19.2. The molecule has 0 amide bonds. The van der Waals surface area contributed by atoms with Gasteiger partial charge in [-0.15, -0.1) is 0 Å². The number of carbonyl (C=O) groups excluding carboxylic acids is 1. The number of methoxy groups -OCH3 is 2. The molecule has 0 heterocycles. The molecular weight excluding hydrogens is 330 g/mol. The van der Waals surface area contributed by atoms with E-state index in [4.69, 9.17) is 4.74 Å². The molecule has 0 saturated heterocycles. The van der Waals surface area contributed by atoms with Crippen molar-refractivity contribution >= 4 is 11.9 Å². The molecule has 0 aliphatic heterocycles. The number of hydrogen-bond acceptors (Lipinski definition) is 4. The molecule has 1 aromatic rings. The van der Waals surface area contributed by atoms with Crippen LogP contribution >= 0.6 is 0 Å². The summed E-state index contributed by atoms with van der Waals surface area (Å²) in [7, 11) is 4.91. The van der Waals surface area contributed by atoms with E-state index >= 15 is 0 Å². The molecule has 0 spiro atoms. The second kappa shape index (κ2) is 13.0. The van der Waals surface area contributed by atoms with Gasteiger partial charge in [-0.3, -0.25) is 9.79 Å². The summed E-state index contributed by atoms with van der Waals surface area (Å²) in [5, 5.41) is 6.65. The number of ether oxygens (including phenoxy) is 2. The molecular formula is C20H33N3O3.